The van der Waals surface area contributed by atoms with Gasteiger partial charge >= 0.3 is 0 Å². The summed E-state index contributed by atoms with van der Waals surface area (Å²) < 4.78 is 18.8. The average Bonchev–Trinajstić information content (AvgIpc) is 3.42. The van der Waals surface area contributed by atoms with Crippen LogP contribution in [0.1, 0.15) is 33.2 Å². The monoisotopic (exact) mass is 505 g/mol. The molecule has 34 heavy (non-hydrogen) atoms. The molecule has 0 unspecified atom stereocenters. The molecule has 178 valence electrons. The summed E-state index contributed by atoms with van der Waals surface area (Å²) >= 11 is 12.4. The quantitative estimate of drug-likeness (QED) is 0.434. The lowest BCUT2D eigenvalue weighted by atomic mass is 9.90. The molecule has 4 rings (SSSR count). The topological polar surface area (TPSA) is 109 Å². The molecule has 7 nitrogen and oxygen atoms in total. The summed E-state index contributed by atoms with van der Waals surface area (Å²) in [5, 5.41) is 13.5. The van der Waals surface area contributed by atoms with Gasteiger partial charge in [0.05, 0.1) is 24.8 Å². The lowest BCUT2D eigenvalue weighted by Gasteiger charge is -2.27. The zero-order valence-electron chi connectivity index (χ0n) is 17.9. The van der Waals surface area contributed by atoms with Gasteiger partial charge in [-0.2, -0.15) is 0 Å². The number of nitrogens with two attached hydrogens (primary N) is 1. The number of aliphatic hydroxyl groups excluding tert-OH is 1. The summed E-state index contributed by atoms with van der Waals surface area (Å²) in [6.45, 7) is 0.592. The number of carbonyl (C=O) groups is 2. The number of nitrogens with zero attached hydrogens (tertiary/aromatic N) is 1. The number of hydrogen-bond acceptors (Lipinski definition) is 5. The second kappa shape index (κ2) is 10.0. The minimum absolute atomic E-state index is 0.165. The molecule has 1 aliphatic heterocycles. The zero-order valence-corrected chi connectivity index (χ0v) is 19.4. The van der Waals surface area contributed by atoms with Crippen LogP contribution in [-0.4, -0.2) is 42.7 Å². The van der Waals surface area contributed by atoms with Crippen molar-refractivity contribution in [3.05, 3.63) is 87.0 Å². The van der Waals surface area contributed by atoms with Gasteiger partial charge in [-0.3, -0.25) is 9.59 Å². The standard InChI is InChI=1S/C24H22Cl2FN3O4/c25-14-1-3-17(19(26)10-14)21(18-6-8-34-22(18)23(28)32)24(33)29-16(12-31)11-30-7-5-13-9-15(27)2-4-20(13)30/h1-4,6,8-10,16,21,31H,5,7,11-12H2,(H2,28,32)(H,29,33)/t16-,21-/m1/s1. The summed E-state index contributed by atoms with van der Waals surface area (Å²) in [7, 11) is 0. The SMILES string of the molecule is NC(=O)c1occc1[C@H](C(=O)N[C@@H](CO)CN1CCc2cc(F)ccc21)c1ccc(Cl)cc1Cl. The molecular formula is C24H22Cl2FN3O4. The first-order valence-corrected chi connectivity index (χ1v) is 11.3. The Bertz CT molecular complexity index is 1230. The minimum Gasteiger partial charge on any atom is -0.459 e. The number of anilines is 1. The number of rotatable bonds is 8. The highest BCUT2D eigenvalue weighted by Gasteiger charge is 2.32. The number of hydrogen-bond donors (Lipinski definition) is 3. The summed E-state index contributed by atoms with van der Waals surface area (Å²) in [6.07, 6.45) is 1.93. The van der Waals surface area contributed by atoms with Crippen molar-refractivity contribution in [1.82, 2.24) is 5.32 Å². The van der Waals surface area contributed by atoms with E-state index in [0.29, 0.717) is 30.1 Å². The fourth-order valence-corrected chi connectivity index (χ4v) is 4.78. The van der Waals surface area contributed by atoms with E-state index in [0.717, 1.165) is 11.3 Å². The largest absolute Gasteiger partial charge is 0.459 e. The van der Waals surface area contributed by atoms with E-state index >= 15 is 0 Å². The van der Waals surface area contributed by atoms with Gasteiger partial charge in [-0.25, -0.2) is 4.39 Å². The Hall–Kier alpha value is -3.07. The molecule has 4 N–H and O–H groups in total. The van der Waals surface area contributed by atoms with Crippen molar-refractivity contribution in [1.29, 1.82) is 0 Å². The van der Waals surface area contributed by atoms with Gasteiger partial charge < -0.3 is 25.5 Å². The third-order valence-electron chi connectivity index (χ3n) is 5.81. The molecule has 2 amide bonds. The molecule has 0 fully saturated rings. The second-order valence-corrected chi connectivity index (χ2v) is 8.87. The maximum Gasteiger partial charge on any atom is 0.284 e. The molecule has 0 spiro atoms. The van der Waals surface area contributed by atoms with Gasteiger partial charge in [-0.15, -0.1) is 0 Å². The normalized spacial score (nSPS) is 14.5. The molecule has 0 bridgehead atoms. The average molecular weight is 506 g/mol. The Kier molecular flexibility index (Phi) is 7.11. The van der Waals surface area contributed by atoms with Crippen molar-refractivity contribution in [3.8, 4) is 0 Å². The van der Waals surface area contributed by atoms with Crippen molar-refractivity contribution < 1.29 is 23.5 Å². The van der Waals surface area contributed by atoms with E-state index in [-0.39, 0.29) is 28.8 Å². The maximum atomic E-state index is 13.5. The maximum absolute atomic E-state index is 13.5. The molecule has 2 aromatic carbocycles. The number of aliphatic hydroxyl groups is 1. The molecular weight excluding hydrogens is 484 g/mol. The van der Waals surface area contributed by atoms with Crippen molar-refractivity contribution >= 4 is 40.7 Å². The Morgan fingerprint density at radius 2 is 1.97 bits per heavy atom. The number of furan rings is 1. The lowest BCUT2D eigenvalue weighted by molar-refractivity contribution is -0.122. The van der Waals surface area contributed by atoms with Crippen LogP contribution in [0, 0.1) is 5.82 Å². The first-order chi connectivity index (χ1) is 16.3. The van der Waals surface area contributed by atoms with Crippen molar-refractivity contribution in [2.45, 2.75) is 18.4 Å². The van der Waals surface area contributed by atoms with Gasteiger partial charge in [0, 0.05) is 34.4 Å². The third kappa shape index (κ3) is 4.89. The summed E-state index contributed by atoms with van der Waals surface area (Å²) in [5.74, 6) is -2.85. The van der Waals surface area contributed by atoms with Gasteiger partial charge in [0.2, 0.25) is 5.91 Å². The van der Waals surface area contributed by atoms with E-state index < -0.39 is 23.8 Å². The number of nitrogens with one attached hydrogen (secondary N) is 1. The Morgan fingerprint density at radius 3 is 2.68 bits per heavy atom. The van der Waals surface area contributed by atoms with Crippen LogP contribution >= 0.6 is 23.2 Å². The fourth-order valence-electron chi connectivity index (χ4n) is 4.26. The molecule has 0 aliphatic carbocycles. The van der Waals surface area contributed by atoms with Crippen LogP contribution in [0.5, 0.6) is 0 Å². The first kappa shape index (κ1) is 24.1. The number of benzene rings is 2. The van der Waals surface area contributed by atoms with Gasteiger partial charge in [0.1, 0.15) is 5.82 Å². The van der Waals surface area contributed by atoms with Crippen molar-refractivity contribution in [3.63, 3.8) is 0 Å². The number of halogens is 3. The van der Waals surface area contributed by atoms with Gasteiger partial charge in [-0.05, 0) is 53.9 Å². The summed E-state index contributed by atoms with van der Waals surface area (Å²) in [5.41, 5.74) is 7.81. The fraction of sp³-hybridized carbons (Fsp3) is 0.250. The van der Waals surface area contributed by atoms with E-state index in [4.69, 9.17) is 33.4 Å². The number of carbonyl (C=O) groups excluding carboxylic acids is 2. The second-order valence-electron chi connectivity index (χ2n) is 8.03. The molecule has 0 saturated carbocycles. The first-order valence-electron chi connectivity index (χ1n) is 10.5. The van der Waals surface area contributed by atoms with E-state index in [9.17, 15) is 19.1 Å². The zero-order chi connectivity index (χ0) is 24.4. The van der Waals surface area contributed by atoms with Crippen molar-refractivity contribution in [2.75, 3.05) is 24.6 Å². The van der Waals surface area contributed by atoms with Gasteiger partial charge in [0.15, 0.2) is 5.76 Å². The smallest absolute Gasteiger partial charge is 0.284 e. The highest BCUT2D eigenvalue weighted by Crippen LogP contribution is 2.35. The van der Waals surface area contributed by atoms with Crippen LogP contribution in [0.25, 0.3) is 0 Å². The number of primary amides is 1. The number of amides is 2. The molecule has 3 aromatic rings. The molecule has 0 radical (unpaired) electrons. The summed E-state index contributed by atoms with van der Waals surface area (Å²) in [4.78, 5) is 27.4. The van der Waals surface area contributed by atoms with Crippen LogP contribution in [0.3, 0.4) is 0 Å². The van der Waals surface area contributed by atoms with Crippen LogP contribution in [0.2, 0.25) is 10.0 Å². The van der Waals surface area contributed by atoms with Crippen LogP contribution in [0.15, 0.2) is 53.1 Å². The summed E-state index contributed by atoms with van der Waals surface area (Å²) in [6, 6.07) is 10.1. The Balaban J connectivity index is 1.61. The van der Waals surface area contributed by atoms with E-state index in [1.54, 1.807) is 18.2 Å². The molecule has 2 atom stereocenters. The predicted molar refractivity (Wildman–Crippen MR) is 127 cm³/mol. The molecule has 1 aromatic heterocycles. The third-order valence-corrected chi connectivity index (χ3v) is 6.37. The number of fused-ring (bicyclic) bond motifs is 1. The predicted octanol–water partition coefficient (Wildman–Crippen LogP) is 3.50. The van der Waals surface area contributed by atoms with E-state index in [2.05, 4.69) is 5.32 Å². The molecule has 1 aliphatic rings. The van der Waals surface area contributed by atoms with Gasteiger partial charge in [-0.1, -0.05) is 29.3 Å². The Labute approximate surface area is 205 Å². The van der Waals surface area contributed by atoms with Crippen LogP contribution in [0.4, 0.5) is 10.1 Å². The van der Waals surface area contributed by atoms with Crippen molar-refractivity contribution in [2.24, 2.45) is 5.73 Å². The van der Waals surface area contributed by atoms with Crippen LogP contribution in [-0.2, 0) is 11.2 Å². The molecule has 2 heterocycles. The molecule has 10 heteroatoms. The van der Waals surface area contributed by atoms with E-state index in [1.807, 2.05) is 4.90 Å². The Morgan fingerprint density at radius 1 is 1.18 bits per heavy atom. The van der Waals surface area contributed by atoms with Crippen LogP contribution < -0.4 is 16.0 Å². The molecule has 0 saturated heterocycles. The highest BCUT2D eigenvalue weighted by molar-refractivity contribution is 6.35. The van der Waals surface area contributed by atoms with Gasteiger partial charge in [0.25, 0.3) is 5.91 Å². The highest BCUT2D eigenvalue weighted by atomic mass is 35.5. The lowest BCUT2D eigenvalue weighted by Crippen LogP contribution is -2.47. The van der Waals surface area contributed by atoms with E-state index in [1.165, 1.54) is 30.5 Å². The minimum atomic E-state index is -1.04.